The highest BCUT2D eigenvalue weighted by atomic mass is 79.9. The number of fused-ring (bicyclic) bond motifs is 3. The van der Waals surface area contributed by atoms with Crippen LogP contribution in [-0.2, 0) is 0 Å². The number of para-hydroxylation sites is 1. The highest BCUT2D eigenvalue weighted by molar-refractivity contribution is 9.10. The Morgan fingerprint density at radius 3 is 2.45 bits per heavy atom. The Labute approximate surface area is 187 Å². The topological polar surface area (TPSA) is 66.5 Å². The molecule has 156 valence electrons. The predicted molar refractivity (Wildman–Crippen MR) is 123 cm³/mol. The third-order valence-electron chi connectivity index (χ3n) is 5.57. The van der Waals surface area contributed by atoms with Gasteiger partial charge in [0, 0.05) is 15.7 Å². The molecule has 0 bridgehead atoms. The maximum atomic E-state index is 5.43. The molecule has 0 amide bonds. The zero-order chi connectivity index (χ0) is 21.7. The van der Waals surface area contributed by atoms with Crippen molar-refractivity contribution in [2.75, 3.05) is 14.2 Å². The van der Waals surface area contributed by atoms with Gasteiger partial charge < -0.3 is 9.47 Å². The lowest BCUT2D eigenvalue weighted by molar-refractivity contribution is 0.355. The minimum absolute atomic E-state index is 0.598. The minimum Gasteiger partial charge on any atom is -0.493 e. The van der Waals surface area contributed by atoms with Crippen molar-refractivity contribution >= 4 is 32.6 Å². The molecule has 0 saturated heterocycles. The molecule has 0 unspecified atom stereocenters. The van der Waals surface area contributed by atoms with Gasteiger partial charge in [0.15, 0.2) is 28.6 Å². The molecule has 31 heavy (non-hydrogen) atoms. The van der Waals surface area contributed by atoms with Crippen LogP contribution in [0.25, 0.3) is 33.8 Å². The smallest absolute Gasteiger partial charge is 0.182 e. The molecule has 3 aromatic heterocycles. The molecule has 5 aromatic rings. The van der Waals surface area contributed by atoms with Crippen molar-refractivity contribution in [3.8, 4) is 28.6 Å². The molecule has 0 saturated carbocycles. The van der Waals surface area contributed by atoms with E-state index in [1.165, 1.54) is 0 Å². The number of benzene rings is 2. The Balaban J connectivity index is 1.75. The van der Waals surface area contributed by atoms with Crippen molar-refractivity contribution in [3.05, 3.63) is 64.5 Å². The van der Waals surface area contributed by atoms with Crippen LogP contribution < -0.4 is 9.47 Å². The molecule has 0 fully saturated rings. The molecule has 8 heteroatoms. The standard InChI is InChI=1S/C23H20BrN5O2/c1-13-14(2)29(17-8-6-5-7-16(17)24)22-20(13)23-26-21(27-28(23)12-25-22)15-9-10-18(30-3)19(11-15)31-4/h5-12H,1-4H3. The molecule has 0 aliphatic rings. The molecule has 3 heterocycles. The molecule has 0 aliphatic carbocycles. The van der Waals surface area contributed by atoms with Crippen LogP contribution in [0, 0.1) is 13.8 Å². The van der Waals surface area contributed by atoms with Gasteiger partial charge in [0.05, 0.1) is 25.3 Å². The van der Waals surface area contributed by atoms with Crippen molar-refractivity contribution in [2.45, 2.75) is 13.8 Å². The van der Waals surface area contributed by atoms with Crippen LogP contribution in [0.5, 0.6) is 11.5 Å². The first-order valence-corrected chi connectivity index (χ1v) is 10.5. The average molecular weight is 478 g/mol. The number of hydrogen-bond acceptors (Lipinski definition) is 5. The van der Waals surface area contributed by atoms with E-state index in [-0.39, 0.29) is 0 Å². The summed E-state index contributed by atoms with van der Waals surface area (Å²) in [5, 5.41) is 5.64. The van der Waals surface area contributed by atoms with E-state index in [2.05, 4.69) is 45.5 Å². The van der Waals surface area contributed by atoms with Gasteiger partial charge in [-0.1, -0.05) is 12.1 Å². The van der Waals surface area contributed by atoms with Gasteiger partial charge in [-0.15, -0.1) is 5.10 Å². The number of methoxy groups -OCH3 is 2. The number of hydrogen-bond donors (Lipinski definition) is 0. The molecular formula is C23H20BrN5O2. The zero-order valence-electron chi connectivity index (χ0n) is 17.5. The van der Waals surface area contributed by atoms with Crippen LogP contribution in [0.4, 0.5) is 0 Å². The lowest BCUT2D eigenvalue weighted by atomic mass is 10.2. The van der Waals surface area contributed by atoms with Gasteiger partial charge in [-0.3, -0.25) is 4.57 Å². The zero-order valence-corrected chi connectivity index (χ0v) is 19.1. The van der Waals surface area contributed by atoms with E-state index >= 15 is 0 Å². The van der Waals surface area contributed by atoms with Crippen molar-refractivity contribution in [1.29, 1.82) is 0 Å². The second kappa shape index (κ2) is 7.39. The summed E-state index contributed by atoms with van der Waals surface area (Å²) >= 11 is 3.67. The fourth-order valence-electron chi connectivity index (χ4n) is 3.89. The van der Waals surface area contributed by atoms with Gasteiger partial charge in [0.2, 0.25) is 0 Å². The largest absolute Gasteiger partial charge is 0.493 e. The SMILES string of the molecule is COc1ccc(-c2nc3c4c(C)c(C)n(-c5ccccc5Br)c4ncn3n2)cc1OC. The Morgan fingerprint density at radius 2 is 1.71 bits per heavy atom. The van der Waals surface area contributed by atoms with Crippen LogP contribution in [0.2, 0.25) is 0 Å². The monoisotopic (exact) mass is 477 g/mol. The van der Waals surface area contributed by atoms with Crippen molar-refractivity contribution in [2.24, 2.45) is 0 Å². The summed E-state index contributed by atoms with van der Waals surface area (Å²) in [6.45, 7) is 4.19. The van der Waals surface area contributed by atoms with E-state index in [1.807, 2.05) is 36.4 Å². The molecule has 5 rings (SSSR count). The number of aromatic nitrogens is 5. The number of rotatable bonds is 4. The fourth-order valence-corrected chi connectivity index (χ4v) is 4.35. The summed E-state index contributed by atoms with van der Waals surface area (Å²) in [5.41, 5.74) is 5.72. The third kappa shape index (κ3) is 2.97. The van der Waals surface area contributed by atoms with E-state index in [4.69, 9.17) is 19.4 Å². The Hall–Kier alpha value is -3.39. The second-order valence-corrected chi connectivity index (χ2v) is 8.07. The Bertz CT molecular complexity index is 1450. The number of aryl methyl sites for hydroxylation is 1. The Kier molecular flexibility index (Phi) is 4.66. The van der Waals surface area contributed by atoms with Gasteiger partial charge in [0.1, 0.15) is 6.33 Å². The second-order valence-electron chi connectivity index (χ2n) is 7.21. The first-order valence-electron chi connectivity index (χ1n) is 9.73. The summed E-state index contributed by atoms with van der Waals surface area (Å²) in [5.74, 6) is 1.89. The summed E-state index contributed by atoms with van der Waals surface area (Å²) in [7, 11) is 3.23. The summed E-state index contributed by atoms with van der Waals surface area (Å²) in [6, 6.07) is 13.8. The minimum atomic E-state index is 0.598. The quantitative estimate of drug-likeness (QED) is 0.358. The normalized spacial score (nSPS) is 11.4. The molecule has 0 atom stereocenters. The van der Waals surface area contributed by atoms with Gasteiger partial charge in [-0.05, 0) is 65.7 Å². The third-order valence-corrected chi connectivity index (χ3v) is 6.24. The van der Waals surface area contributed by atoms with Crippen molar-refractivity contribution in [1.82, 2.24) is 24.1 Å². The predicted octanol–water partition coefficient (Wildman–Crippen LogP) is 5.13. The lowest BCUT2D eigenvalue weighted by Gasteiger charge is -2.09. The number of nitrogens with zero attached hydrogens (tertiary/aromatic N) is 5. The van der Waals surface area contributed by atoms with Crippen molar-refractivity contribution in [3.63, 3.8) is 0 Å². The van der Waals surface area contributed by atoms with E-state index in [9.17, 15) is 0 Å². The molecule has 2 aromatic carbocycles. The number of ether oxygens (including phenoxy) is 2. The highest BCUT2D eigenvalue weighted by Gasteiger charge is 2.20. The molecule has 7 nitrogen and oxygen atoms in total. The van der Waals surface area contributed by atoms with Crippen LogP contribution in [0.15, 0.2) is 53.3 Å². The van der Waals surface area contributed by atoms with Gasteiger partial charge in [-0.25, -0.2) is 14.5 Å². The number of halogens is 1. The molecule has 0 aliphatic heterocycles. The van der Waals surface area contributed by atoms with Gasteiger partial charge >= 0.3 is 0 Å². The summed E-state index contributed by atoms with van der Waals surface area (Å²) < 4.78 is 15.7. The molecular weight excluding hydrogens is 458 g/mol. The van der Waals surface area contributed by atoms with Gasteiger partial charge in [-0.2, -0.15) is 0 Å². The maximum absolute atomic E-state index is 5.43. The summed E-state index contributed by atoms with van der Waals surface area (Å²) in [6.07, 6.45) is 1.71. The van der Waals surface area contributed by atoms with E-state index in [0.717, 1.165) is 43.7 Å². The van der Waals surface area contributed by atoms with Crippen LogP contribution >= 0.6 is 15.9 Å². The van der Waals surface area contributed by atoms with Crippen LogP contribution in [0.1, 0.15) is 11.3 Å². The van der Waals surface area contributed by atoms with E-state index in [1.54, 1.807) is 25.1 Å². The lowest BCUT2D eigenvalue weighted by Crippen LogP contribution is -2.00. The summed E-state index contributed by atoms with van der Waals surface area (Å²) in [4.78, 5) is 9.60. The van der Waals surface area contributed by atoms with E-state index in [0.29, 0.717) is 17.3 Å². The maximum Gasteiger partial charge on any atom is 0.182 e. The molecule has 0 N–H and O–H groups in total. The molecule has 0 radical (unpaired) electrons. The van der Waals surface area contributed by atoms with Crippen LogP contribution in [0.3, 0.4) is 0 Å². The Morgan fingerprint density at radius 1 is 0.935 bits per heavy atom. The van der Waals surface area contributed by atoms with Gasteiger partial charge in [0.25, 0.3) is 0 Å². The molecule has 0 spiro atoms. The van der Waals surface area contributed by atoms with E-state index < -0.39 is 0 Å². The fraction of sp³-hybridized carbons (Fsp3) is 0.174. The van der Waals surface area contributed by atoms with Crippen molar-refractivity contribution < 1.29 is 9.47 Å². The first-order chi connectivity index (χ1) is 15.0. The van der Waals surface area contributed by atoms with Crippen LogP contribution in [-0.4, -0.2) is 38.4 Å². The highest BCUT2D eigenvalue weighted by Crippen LogP contribution is 2.34. The first kappa shape index (κ1) is 19.6. The average Bonchev–Trinajstić information content (AvgIpc) is 3.33.